The highest BCUT2D eigenvalue weighted by Gasteiger charge is 2.23. The molecule has 0 radical (unpaired) electrons. The predicted molar refractivity (Wildman–Crippen MR) is 40.8 cm³/mol. The van der Waals surface area contributed by atoms with E-state index in [0.29, 0.717) is 5.92 Å². The highest BCUT2D eigenvalue weighted by Crippen LogP contribution is 2.27. The molecule has 64 valence electrons. The summed E-state index contributed by atoms with van der Waals surface area (Å²) in [5.74, 6) is 0.219. The summed E-state index contributed by atoms with van der Waals surface area (Å²) in [7, 11) is 0. The van der Waals surface area contributed by atoms with Crippen molar-refractivity contribution in [3.63, 3.8) is 0 Å². The van der Waals surface area contributed by atoms with Crippen LogP contribution in [0.5, 0.6) is 0 Å². The van der Waals surface area contributed by atoms with E-state index in [1.54, 1.807) is 0 Å². The van der Waals surface area contributed by atoms with Gasteiger partial charge in [0.05, 0.1) is 6.61 Å². The van der Waals surface area contributed by atoms with E-state index in [1.165, 1.54) is 12.8 Å². The number of rotatable bonds is 5. The Labute approximate surface area is 65.8 Å². The Hall–Kier alpha value is -0.610. The van der Waals surface area contributed by atoms with Crippen LogP contribution in [0.25, 0.3) is 0 Å². The SMILES string of the molecule is NC(=O)[C@H](CO)NCC1CC1. The second-order valence-electron chi connectivity index (χ2n) is 2.99. The molecule has 1 saturated carbocycles. The highest BCUT2D eigenvalue weighted by molar-refractivity contribution is 5.79. The summed E-state index contributed by atoms with van der Waals surface area (Å²) in [5.41, 5.74) is 4.99. The lowest BCUT2D eigenvalue weighted by atomic mass is 10.3. The van der Waals surface area contributed by atoms with E-state index in [0.717, 1.165) is 6.54 Å². The fourth-order valence-corrected chi connectivity index (χ4v) is 0.886. The highest BCUT2D eigenvalue weighted by atomic mass is 16.3. The number of aliphatic hydroxyl groups excluding tert-OH is 1. The number of carbonyl (C=O) groups excluding carboxylic acids is 1. The smallest absolute Gasteiger partial charge is 0.236 e. The van der Waals surface area contributed by atoms with Gasteiger partial charge in [0, 0.05) is 0 Å². The summed E-state index contributed by atoms with van der Waals surface area (Å²) < 4.78 is 0. The summed E-state index contributed by atoms with van der Waals surface area (Å²) in [6, 6.07) is -0.560. The number of amides is 1. The minimum Gasteiger partial charge on any atom is -0.394 e. The van der Waals surface area contributed by atoms with Crippen molar-refractivity contribution in [2.45, 2.75) is 18.9 Å². The van der Waals surface area contributed by atoms with E-state index >= 15 is 0 Å². The average molecular weight is 158 g/mol. The van der Waals surface area contributed by atoms with Gasteiger partial charge in [-0.25, -0.2) is 0 Å². The molecule has 1 aliphatic carbocycles. The Morgan fingerprint density at radius 3 is 2.73 bits per heavy atom. The van der Waals surface area contributed by atoms with Crippen molar-refractivity contribution in [1.82, 2.24) is 5.32 Å². The Morgan fingerprint density at radius 1 is 1.73 bits per heavy atom. The average Bonchev–Trinajstić information content (AvgIpc) is 2.72. The van der Waals surface area contributed by atoms with Gasteiger partial charge in [0.15, 0.2) is 0 Å². The van der Waals surface area contributed by atoms with Crippen molar-refractivity contribution in [3.8, 4) is 0 Å². The van der Waals surface area contributed by atoms with Gasteiger partial charge in [-0.05, 0) is 25.3 Å². The van der Waals surface area contributed by atoms with Crippen molar-refractivity contribution >= 4 is 5.91 Å². The van der Waals surface area contributed by atoms with Crippen LogP contribution < -0.4 is 11.1 Å². The molecule has 1 fully saturated rings. The monoisotopic (exact) mass is 158 g/mol. The van der Waals surface area contributed by atoms with Crippen LogP contribution in [0.4, 0.5) is 0 Å². The maximum atomic E-state index is 10.6. The van der Waals surface area contributed by atoms with E-state index < -0.39 is 11.9 Å². The zero-order valence-corrected chi connectivity index (χ0v) is 6.42. The molecule has 0 aromatic rings. The van der Waals surface area contributed by atoms with Gasteiger partial charge in [-0.2, -0.15) is 0 Å². The maximum Gasteiger partial charge on any atom is 0.236 e. The van der Waals surface area contributed by atoms with Crippen molar-refractivity contribution in [2.75, 3.05) is 13.2 Å². The molecule has 0 aromatic carbocycles. The molecule has 0 aliphatic heterocycles. The number of nitrogens with two attached hydrogens (primary N) is 1. The molecule has 0 unspecified atom stereocenters. The largest absolute Gasteiger partial charge is 0.394 e. The normalized spacial score (nSPS) is 19.7. The summed E-state index contributed by atoms with van der Waals surface area (Å²) in [6.07, 6.45) is 2.45. The number of hydrogen-bond donors (Lipinski definition) is 3. The van der Waals surface area contributed by atoms with Crippen LogP contribution in [0.15, 0.2) is 0 Å². The fraction of sp³-hybridized carbons (Fsp3) is 0.857. The number of primary amides is 1. The van der Waals surface area contributed by atoms with Crippen LogP contribution in [-0.4, -0.2) is 30.2 Å². The lowest BCUT2D eigenvalue weighted by molar-refractivity contribution is -0.120. The number of aliphatic hydroxyl groups is 1. The lowest BCUT2D eigenvalue weighted by Crippen LogP contribution is -2.44. The molecule has 0 saturated heterocycles. The van der Waals surface area contributed by atoms with Gasteiger partial charge < -0.3 is 16.2 Å². The van der Waals surface area contributed by atoms with Gasteiger partial charge in [0.1, 0.15) is 6.04 Å². The molecule has 1 amide bonds. The molecule has 1 atom stereocenters. The van der Waals surface area contributed by atoms with Crippen molar-refractivity contribution in [3.05, 3.63) is 0 Å². The summed E-state index contributed by atoms with van der Waals surface area (Å²) in [4.78, 5) is 10.6. The molecule has 4 nitrogen and oxygen atoms in total. The second kappa shape index (κ2) is 3.69. The third kappa shape index (κ3) is 2.86. The maximum absolute atomic E-state index is 10.6. The third-order valence-electron chi connectivity index (χ3n) is 1.88. The number of carbonyl (C=O) groups is 1. The first-order valence-corrected chi connectivity index (χ1v) is 3.87. The van der Waals surface area contributed by atoms with Gasteiger partial charge in [0.2, 0.25) is 5.91 Å². The summed E-state index contributed by atoms with van der Waals surface area (Å²) in [6.45, 7) is 0.593. The van der Waals surface area contributed by atoms with Gasteiger partial charge in [-0.15, -0.1) is 0 Å². The van der Waals surface area contributed by atoms with Crippen LogP contribution >= 0.6 is 0 Å². The van der Waals surface area contributed by atoms with E-state index in [2.05, 4.69) is 5.32 Å². The Kier molecular flexibility index (Phi) is 2.84. The third-order valence-corrected chi connectivity index (χ3v) is 1.88. The van der Waals surface area contributed by atoms with Crippen LogP contribution in [0.1, 0.15) is 12.8 Å². The Balaban J connectivity index is 2.13. The first kappa shape index (κ1) is 8.49. The molecular weight excluding hydrogens is 144 g/mol. The van der Waals surface area contributed by atoms with E-state index in [9.17, 15) is 4.79 Å². The first-order valence-electron chi connectivity index (χ1n) is 3.87. The molecule has 0 aromatic heterocycles. The molecule has 0 bridgehead atoms. The molecule has 1 rings (SSSR count). The standard InChI is InChI=1S/C7H14N2O2/c8-7(11)6(4-10)9-3-5-1-2-5/h5-6,9-10H,1-4H2,(H2,8,11)/t6-/m0/s1. The van der Waals surface area contributed by atoms with Crippen LogP contribution in [0.3, 0.4) is 0 Å². The van der Waals surface area contributed by atoms with Gasteiger partial charge in [-0.3, -0.25) is 4.79 Å². The minimum atomic E-state index is -0.560. The fourth-order valence-electron chi connectivity index (χ4n) is 0.886. The van der Waals surface area contributed by atoms with Crippen LogP contribution in [-0.2, 0) is 4.79 Å². The van der Waals surface area contributed by atoms with E-state index in [1.807, 2.05) is 0 Å². The van der Waals surface area contributed by atoms with E-state index in [-0.39, 0.29) is 6.61 Å². The molecule has 11 heavy (non-hydrogen) atoms. The molecule has 1 aliphatic rings. The van der Waals surface area contributed by atoms with Gasteiger partial charge in [-0.1, -0.05) is 0 Å². The molecule has 0 heterocycles. The minimum absolute atomic E-state index is 0.206. The quantitative estimate of drug-likeness (QED) is 0.472. The molecular formula is C7H14N2O2. The predicted octanol–water partition coefficient (Wildman–Crippen LogP) is -1.17. The molecule has 4 heteroatoms. The topological polar surface area (TPSA) is 75.4 Å². The van der Waals surface area contributed by atoms with Gasteiger partial charge >= 0.3 is 0 Å². The molecule has 4 N–H and O–H groups in total. The zero-order chi connectivity index (χ0) is 8.27. The van der Waals surface area contributed by atoms with Gasteiger partial charge in [0.25, 0.3) is 0 Å². The van der Waals surface area contributed by atoms with Crippen LogP contribution in [0.2, 0.25) is 0 Å². The number of nitrogens with one attached hydrogen (secondary N) is 1. The summed E-state index contributed by atoms with van der Waals surface area (Å²) >= 11 is 0. The first-order chi connectivity index (χ1) is 5.24. The Morgan fingerprint density at radius 2 is 2.36 bits per heavy atom. The number of hydrogen-bond acceptors (Lipinski definition) is 3. The van der Waals surface area contributed by atoms with E-state index in [4.69, 9.17) is 10.8 Å². The zero-order valence-electron chi connectivity index (χ0n) is 6.42. The van der Waals surface area contributed by atoms with Crippen LogP contribution in [0, 0.1) is 5.92 Å². The van der Waals surface area contributed by atoms with Crippen molar-refractivity contribution in [2.24, 2.45) is 11.7 Å². The lowest BCUT2D eigenvalue weighted by Gasteiger charge is -2.11. The molecule has 0 spiro atoms. The second-order valence-corrected chi connectivity index (χ2v) is 2.99. The van der Waals surface area contributed by atoms with Crippen molar-refractivity contribution in [1.29, 1.82) is 0 Å². The Bertz CT molecular complexity index is 145. The summed E-state index contributed by atoms with van der Waals surface area (Å²) in [5, 5.41) is 11.6. The van der Waals surface area contributed by atoms with Crippen molar-refractivity contribution < 1.29 is 9.90 Å².